The van der Waals surface area contributed by atoms with E-state index in [2.05, 4.69) is 5.32 Å². The monoisotopic (exact) mass is 152 g/mol. The maximum absolute atomic E-state index is 12.5. The molecule has 0 aliphatic rings. The second-order valence-corrected chi connectivity index (χ2v) is 2.36. The van der Waals surface area contributed by atoms with Gasteiger partial charge in [-0.3, -0.25) is 5.32 Å². The van der Waals surface area contributed by atoms with Gasteiger partial charge in [-0.2, -0.15) is 0 Å². The fraction of sp³-hybridized carbons (Fsp3) is 0.333. The lowest BCUT2D eigenvalue weighted by atomic mass is 10.3. The Morgan fingerprint density at radius 2 is 2.27 bits per heavy atom. The lowest BCUT2D eigenvalue weighted by molar-refractivity contribution is 0.626. The molecule has 0 aliphatic carbocycles. The largest absolute Gasteiger partial charge is 0.285 e. The minimum absolute atomic E-state index is 0.220. The highest BCUT2D eigenvalue weighted by Gasteiger charge is 1.93. The molecule has 0 saturated carbocycles. The van der Waals surface area contributed by atoms with Gasteiger partial charge in [0.25, 0.3) is 0 Å². The highest BCUT2D eigenvalue weighted by Crippen LogP contribution is 2.08. The Balaban J connectivity index is 2.56. The zero-order valence-electron chi connectivity index (χ0n) is 6.55. The van der Waals surface area contributed by atoms with Crippen molar-refractivity contribution in [1.82, 2.24) is 5.32 Å². The van der Waals surface area contributed by atoms with Crippen LogP contribution in [0.2, 0.25) is 0 Å². The van der Waals surface area contributed by atoms with Gasteiger partial charge < -0.3 is 0 Å². The maximum atomic E-state index is 12.5. The van der Waals surface area contributed by atoms with Crippen LogP contribution in [0.4, 0.5) is 10.1 Å². The number of rotatable bonds is 3. The third-order valence-electron chi connectivity index (χ3n) is 1.33. The van der Waals surface area contributed by atoms with Crippen molar-refractivity contribution in [3.8, 4) is 0 Å². The van der Waals surface area contributed by atoms with Gasteiger partial charge in [0.15, 0.2) is 0 Å². The van der Waals surface area contributed by atoms with Crippen LogP contribution in [-0.2, 0) is 0 Å². The van der Waals surface area contributed by atoms with Crippen molar-refractivity contribution in [3.05, 3.63) is 30.1 Å². The normalized spacial score (nSPS) is 9.64. The third-order valence-corrected chi connectivity index (χ3v) is 1.33. The van der Waals surface area contributed by atoms with Crippen molar-refractivity contribution >= 4 is 5.69 Å². The first-order chi connectivity index (χ1) is 5.33. The molecule has 0 amide bonds. The lowest BCUT2D eigenvalue weighted by Crippen LogP contribution is -1.97. The Bertz CT molecular complexity index is 223. The maximum Gasteiger partial charge on any atom is 0.125 e. The number of hydrogen-bond acceptors (Lipinski definition) is 0. The molecular weight excluding hydrogens is 141 g/mol. The standard InChI is InChI=1S/C9H11FN/c1-2-6-11-9-5-3-4-8(10)7-9/h3-5,7H,2,6H2,1H3. The van der Waals surface area contributed by atoms with Gasteiger partial charge in [0.2, 0.25) is 0 Å². The minimum atomic E-state index is -0.220. The molecule has 11 heavy (non-hydrogen) atoms. The van der Waals surface area contributed by atoms with Gasteiger partial charge >= 0.3 is 0 Å². The van der Waals surface area contributed by atoms with Crippen LogP contribution in [0.1, 0.15) is 13.3 Å². The van der Waals surface area contributed by atoms with Crippen LogP contribution >= 0.6 is 0 Å². The number of benzene rings is 1. The molecule has 0 heterocycles. The van der Waals surface area contributed by atoms with E-state index in [1.807, 2.05) is 6.92 Å². The molecule has 0 atom stereocenters. The number of nitrogens with zero attached hydrogens (tertiary/aromatic N) is 1. The summed E-state index contributed by atoms with van der Waals surface area (Å²) in [5.74, 6) is -0.220. The van der Waals surface area contributed by atoms with Gasteiger partial charge in [-0.1, -0.05) is 13.0 Å². The van der Waals surface area contributed by atoms with Crippen LogP contribution in [0.3, 0.4) is 0 Å². The molecule has 1 nitrogen and oxygen atoms in total. The molecular formula is C9H11FN. The first-order valence-electron chi connectivity index (χ1n) is 3.76. The Hall–Kier alpha value is -1.05. The predicted octanol–water partition coefficient (Wildman–Crippen LogP) is 2.47. The van der Waals surface area contributed by atoms with Crippen molar-refractivity contribution in [1.29, 1.82) is 0 Å². The van der Waals surface area contributed by atoms with E-state index in [0.717, 1.165) is 18.7 Å². The summed E-state index contributed by atoms with van der Waals surface area (Å²) < 4.78 is 12.5. The average molecular weight is 152 g/mol. The molecule has 1 aromatic rings. The molecule has 0 unspecified atom stereocenters. The van der Waals surface area contributed by atoms with Gasteiger partial charge in [-0.05, 0) is 24.6 Å². The van der Waals surface area contributed by atoms with Gasteiger partial charge in [0.05, 0.1) is 5.69 Å². The van der Waals surface area contributed by atoms with E-state index in [1.165, 1.54) is 12.1 Å². The summed E-state index contributed by atoms with van der Waals surface area (Å²) in [6, 6.07) is 6.34. The third kappa shape index (κ3) is 2.58. The van der Waals surface area contributed by atoms with Crippen molar-refractivity contribution in [2.24, 2.45) is 0 Å². The summed E-state index contributed by atoms with van der Waals surface area (Å²) in [4.78, 5) is 0. The number of halogens is 1. The first-order valence-corrected chi connectivity index (χ1v) is 3.76. The van der Waals surface area contributed by atoms with Crippen LogP contribution in [0.25, 0.3) is 0 Å². The summed E-state index contributed by atoms with van der Waals surface area (Å²) in [6.45, 7) is 2.81. The van der Waals surface area contributed by atoms with E-state index < -0.39 is 0 Å². The van der Waals surface area contributed by atoms with Crippen molar-refractivity contribution < 1.29 is 4.39 Å². The van der Waals surface area contributed by atoms with Crippen LogP contribution in [0, 0.1) is 5.82 Å². The Morgan fingerprint density at radius 1 is 1.45 bits per heavy atom. The molecule has 0 spiro atoms. The first kappa shape index (κ1) is 8.05. The SMILES string of the molecule is CCC[N]c1cccc(F)c1. The van der Waals surface area contributed by atoms with Crippen LogP contribution in [0.15, 0.2) is 24.3 Å². The molecule has 0 N–H and O–H groups in total. The smallest absolute Gasteiger partial charge is 0.125 e. The van der Waals surface area contributed by atoms with Crippen LogP contribution < -0.4 is 5.32 Å². The molecule has 0 aliphatic heterocycles. The summed E-state index contributed by atoms with van der Waals surface area (Å²) in [5, 5.41) is 4.15. The second kappa shape index (κ2) is 3.96. The van der Waals surface area contributed by atoms with Gasteiger partial charge in [-0.15, -0.1) is 0 Å². The predicted molar refractivity (Wildman–Crippen MR) is 43.4 cm³/mol. The van der Waals surface area contributed by atoms with E-state index in [-0.39, 0.29) is 5.82 Å². The van der Waals surface area contributed by atoms with E-state index in [4.69, 9.17) is 0 Å². The van der Waals surface area contributed by atoms with E-state index >= 15 is 0 Å². The average Bonchev–Trinajstić information content (AvgIpc) is 2.01. The Labute approximate surface area is 66.2 Å². The van der Waals surface area contributed by atoms with Crippen LogP contribution in [-0.4, -0.2) is 6.54 Å². The molecule has 2 heteroatoms. The van der Waals surface area contributed by atoms with E-state index in [1.54, 1.807) is 12.1 Å². The summed E-state index contributed by atoms with van der Waals surface area (Å²) in [6.07, 6.45) is 0.997. The highest BCUT2D eigenvalue weighted by molar-refractivity contribution is 5.35. The molecule has 0 saturated heterocycles. The fourth-order valence-corrected chi connectivity index (χ4v) is 0.815. The van der Waals surface area contributed by atoms with Gasteiger partial charge in [0, 0.05) is 6.54 Å². The molecule has 59 valence electrons. The fourth-order valence-electron chi connectivity index (χ4n) is 0.815. The Morgan fingerprint density at radius 3 is 2.91 bits per heavy atom. The lowest BCUT2D eigenvalue weighted by Gasteiger charge is -1.99. The molecule has 1 aromatic carbocycles. The van der Waals surface area contributed by atoms with Crippen LogP contribution in [0.5, 0.6) is 0 Å². The molecule has 0 bridgehead atoms. The zero-order valence-corrected chi connectivity index (χ0v) is 6.55. The second-order valence-electron chi connectivity index (χ2n) is 2.36. The molecule has 1 rings (SSSR count). The zero-order chi connectivity index (χ0) is 8.10. The van der Waals surface area contributed by atoms with Crippen molar-refractivity contribution in [2.75, 3.05) is 6.54 Å². The minimum Gasteiger partial charge on any atom is -0.285 e. The highest BCUT2D eigenvalue weighted by atomic mass is 19.1. The molecule has 0 aromatic heterocycles. The Kier molecular flexibility index (Phi) is 2.90. The number of hydrogen-bond donors (Lipinski definition) is 0. The summed E-state index contributed by atoms with van der Waals surface area (Å²) in [7, 11) is 0. The molecule has 1 radical (unpaired) electrons. The van der Waals surface area contributed by atoms with Gasteiger partial charge in [0.1, 0.15) is 5.82 Å². The quantitative estimate of drug-likeness (QED) is 0.631. The van der Waals surface area contributed by atoms with E-state index in [9.17, 15) is 4.39 Å². The summed E-state index contributed by atoms with van der Waals surface area (Å²) in [5.41, 5.74) is 0.729. The van der Waals surface area contributed by atoms with E-state index in [0.29, 0.717) is 0 Å². The van der Waals surface area contributed by atoms with Crippen molar-refractivity contribution in [3.63, 3.8) is 0 Å². The van der Waals surface area contributed by atoms with Crippen molar-refractivity contribution in [2.45, 2.75) is 13.3 Å². The van der Waals surface area contributed by atoms with Gasteiger partial charge in [-0.25, -0.2) is 4.39 Å². The summed E-state index contributed by atoms with van der Waals surface area (Å²) >= 11 is 0. The molecule has 0 fully saturated rings. The topological polar surface area (TPSA) is 14.1 Å².